The van der Waals surface area contributed by atoms with E-state index in [4.69, 9.17) is 5.26 Å². The van der Waals surface area contributed by atoms with Crippen molar-refractivity contribution in [1.29, 1.82) is 0 Å². The van der Waals surface area contributed by atoms with Gasteiger partial charge in [-0.05, 0) is 24.3 Å². The first-order chi connectivity index (χ1) is 5.36. The largest absolute Gasteiger partial charge is 0.429 e. The molecule has 0 aliphatic rings. The van der Waals surface area contributed by atoms with E-state index >= 15 is 0 Å². The molecule has 4 nitrogen and oxygen atoms in total. The van der Waals surface area contributed by atoms with Crippen LogP contribution in [0.5, 0.6) is 11.5 Å². The van der Waals surface area contributed by atoms with Gasteiger partial charge in [-0.1, -0.05) is 0 Å². The lowest BCUT2D eigenvalue weighted by molar-refractivity contribution is -0.137. The molecule has 1 aromatic rings. The molecular weight excluding hydrogens is 148 g/mol. The molecule has 0 amide bonds. The molecule has 58 valence electrons. The highest BCUT2D eigenvalue weighted by Gasteiger charge is 1.93. The standard InChI is InChI=1S/C7H6O4/c8-5-10-6-1-3-7(11-9)4-2-6/h1-5,9H. The molecule has 1 rings (SSSR count). The van der Waals surface area contributed by atoms with Gasteiger partial charge in [-0.3, -0.25) is 4.79 Å². The van der Waals surface area contributed by atoms with Gasteiger partial charge >= 0.3 is 0 Å². The number of hydrogen-bond acceptors (Lipinski definition) is 4. The third-order valence-electron chi connectivity index (χ3n) is 1.11. The first kappa shape index (κ1) is 7.56. The van der Waals surface area contributed by atoms with Gasteiger partial charge in [-0.15, -0.1) is 0 Å². The van der Waals surface area contributed by atoms with Gasteiger partial charge in [0.15, 0.2) is 5.75 Å². The summed E-state index contributed by atoms with van der Waals surface area (Å²) in [5.74, 6) is 0.698. The minimum Gasteiger partial charge on any atom is -0.429 e. The molecule has 0 spiro atoms. The Balaban J connectivity index is 2.74. The molecule has 0 unspecified atom stereocenters. The van der Waals surface area contributed by atoms with Gasteiger partial charge in [0, 0.05) is 0 Å². The molecule has 1 aromatic carbocycles. The first-order valence-electron chi connectivity index (χ1n) is 2.88. The third-order valence-corrected chi connectivity index (χ3v) is 1.11. The predicted molar refractivity (Wildman–Crippen MR) is 36.4 cm³/mol. The van der Waals surface area contributed by atoms with Gasteiger partial charge in [-0.2, -0.15) is 0 Å². The molecule has 0 saturated carbocycles. The average molecular weight is 154 g/mol. The van der Waals surface area contributed by atoms with E-state index in [-0.39, 0.29) is 0 Å². The van der Waals surface area contributed by atoms with Gasteiger partial charge in [0.1, 0.15) is 5.75 Å². The Morgan fingerprint density at radius 2 is 1.73 bits per heavy atom. The van der Waals surface area contributed by atoms with Crippen molar-refractivity contribution in [2.24, 2.45) is 0 Å². The van der Waals surface area contributed by atoms with Crippen molar-refractivity contribution < 1.29 is 19.7 Å². The zero-order valence-corrected chi connectivity index (χ0v) is 5.56. The van der Waals surface area contributed by atoms with E-state index in [1.54, 1.807) is 0 Å². The molecule has 0 atom stereocenters. The molecule has 0 saturated heterocycles. The predicted octanol–water partition coefficient (Wildman–Crippen LogP) is 1.07. The summed E-state index contributed by atoms with van der Waals surface area (Å²) >= 11 is 0. The molecule has 0 aliphatic carbocycles. The average Bonchev–Trinajstić information content (AvgIpc) is 2.07. The first-order valence-corrected chi connectivity index (χ1v) is 2.88. The Morgan fingerprint density at radius 1 is 1.18 bits per heavy atom. The fourth-order valence-electron chi connectivity index (χ4n) is 0.635. The molecule has 0 aromatic heterocycles. The lowest BCUT2D eigenvalue weighted by atomic mass is 10.3. The van der Waals surface area contributed by atoms with E-state index < -0.39 is 0 Å². The van der Waals surface area contributed by atoms with Crippen molar-refractivity contribution in [1.82, 2.24) is 0 Å². The molecule has 1 N–H and O–H groups in total. The van der Waals surface area contributed by atoms with E-state index in [9.17, 15) is 4.79 Å². The van der Waals surface area contributed by atoms with Crippen LogP contribution in [0.15, 0.2) is 24.3 Å². The van der Waals surface area contributed by atoms with Gasteiger partial charge in [-0.25, -0.2) is 5.26 Å². The van der Waals surface area contributed by atoms with Gasteiger partial charge in [0.25, 0.3) is 6.47 Å². The second kappa shape index (κ2) is 3.58. The number of benzene rings is 1. The van der Waals surface area contributed by atoms with Crippen LogP contribution >= 0.6 is 0 Å². The van der Waals surface area contributed by atoms with E-state index in [0.29, 0.717) is 18.0 Å². The molecule has 4 heteroatoms. The molecular formula is C7H6O4. The SMILES string of the molecule is O=COc1ccc(OO)cc1. The van der Waals surface area contributed by atoms with Crippen molar-refractivity contribution in [3.8, 4) is 11.5 Å². The zero-order valence-electron chi connectivity index (χ0n) is 5.56. The second-order valence-electron chi connectivity index (χ2n) is 1.78. The van der Waals surface area contributed by atoms with Crippen LogP contribution in [0, 0.1) is 0 Å². The summed E-state index contributed by atoms with van der Waals surface area (Å²) in [4.78, 5) is 13.7. The Hall–Kier alpha value is -1.55. The molecule has 11 heavy (non-hydrogen) atoms. The number of hydrogen-bond donors (Lipinski definition) is 1. The lowest BCUT2D eigenvalue weighted by Crippen LogP contribution is -1.88. The van der Waals surface area contributed by atoms with Crippen LogP contribution in [0.1, 0.15) is 0 Å². The molecule has 0 heterocycles. The van der Waals surface area contributed by atoms with Crippen molar-refractivity contribution in [3.05, 3.63) is 24.3 Å². The number of rotatable bonds is 3. The van der Waals surface area contributed by atoms with E-state index in [1.165, 1.54) is 24.3 Å². The summed E-state index contributed by atoms with van der Waals surface area (Å²) in [6.45, 7) is 0.328. The summed E-state index contributed by atoms with van der Waals surface area (Å²) in [6, 6.07) is 5.94. The minimum atomic E-state index is 0.295. The molecule has 0 aliphatic heterocycles. The maximum Gasteiger partial charge on any atom is 0.298 e. The van der Waals surface area contributed by atoms with Crippen LogP contribution in [0.2, 0.25) is 0 Å². The van der Waals surface area contributed by atoms with Crippen molar-refractivity contribution in [2.75, 3.05) is 0 Å². The highest BCUT2D eigenvalue weighted by molar-refractivity contribution is 5.45. The smallest absolute Gasteiger partial charge is 0.298 e. The summed E-state index contributed by atoms with van der Waals surface area (Å²) < 4.78 is 4.49. The summed E-state index contributed by atoms with van der Waals surface area (Å²) in [5, 5.41) is 8.15. The topological polar surface area (TPSA) is 55.8 Å². The zero-order chi connectivity index (χ0) is 8.10. The quantitative estimate of drug-likeness (QED) is 0.402. The minimum absolute atomic E-state index is 0.295. The van der Waals surface area contributed by atoms with Crippen LogP contribution in [0.4, 0.5) is 0 Å². The summed E-state index contributed by atoms with van der Waals surface area (Å²) in [7, 11) is 0. The number of ether oxygens (including phenoxy) is 1. The maximum atomic E-state index is 9.83. The van der Waals surface area contributed by atoms with Gasteiger partial charge < -0.3 is 9.62 Å². The third kappa shape index (κ3) is 1.94. The Morgan fingerprint density at radius 3 is 2.18 bits per heavy atom. The summed E-state index contributed by atoms with van der Waals surface area (Å²) in [6.07, 6.45) is 0. The van der Waals surface area contributed by atoms with E-state index in [0.717, 1.165) is 0 Å². The van der Waals surface area contributed by atoms with Gasteiger partial charge in [0.05, 0.1) is 0 Å². The molecule has 0 bridgehead atoms. The highest BCUT2D eigenvalue weighted by atomic mass is 17.1. The maximum absolute atomic E-state index is 9.83. The fourth-order valence-corrected chi connectivity index (χ4v) is 0.635. The number of carbonyl (C=O) groups excluding carboxylic acids is 1. The highest BCUT2D eigenvalue weighted by Crippen LogP contribution is 2.15. The van der Waals surface area contributed by atoms with Gasteiger partial charge in [0.2, 0.25) is 0 Å². The van der Waals surface area contributed by atoms with Crippen LogP contribution in [-0.2, 0) is 4.79 Å². The second-order valence-corrected chi connectivity index (χ2v) is 1.78. The van der Waals surface area contributed by atoms with E-state index in [1.807, 2.05) is 0 Å². The monoisotopic (exact) mass is 154 g/mol. The van der Waals surface area contributed by atoms with Crippen molar-refractivity contribution in [2.45, 2.75) is 0 Å². The van der Waals surface area contributed by atoms with E-state index in [2.05, 4.69) is 9.62 Å². The van der Waals surface area contributed by atoms with Crippen LogP contribution < -0.4 is 9.62 Å². The van der Waals surface area contributed by atoms with Crippen molar-refractivity contribution in [3.63, 3.8) is 0 Å². The molecule has 0 fully saturated rings. The Labute approximate surface area is 62.9 Å². The Bertz CT molecular complexity index is 229. The lowest BCUT2D eigenvalue weighted by Gasteiger charge is -1.97. The summed E-state index contributed by atoms with van der Waals surface area (Å²) in [5.41, 5.74) is 0. The van der Waals surface area contributed by atoms with Crippen LogP contribution in [0.25, 0.3) is 0 Å². The number of carbonyl (C=O) groups is 1. The Kier molecular flexibility index (Phi) is 2.46. The fraction of sp³-hybridized carbons (Fsp3) is 0. The van der Waals surface area contributed by atoms with Crippen LogP contribution in [0.3, 0.4) is 0 Å². The molecule has 0 radical (unpaired) electrons. The van der Waals surface area contributed by atoms with Crippen molar-refractivity contribution >= 4 is 6.47 Å². The normalized spacial score (nSPS) is 8.82. The van der Waals surface area contributed by atoms with Crippen LogP contribution in [-0.4, -0.2) is 11.7 Å².